The van der Waals surface area contributed by atoms with E-state index in [9.17, 15) is 8.42 Å². The zero-order valence-electron chi connectivity index (χ0n) is 17.3. The molecule has 1 aliphatic heterocycles. The van der Waals surface area contributed by atoms with Gasteiger partial charge in [0, 0.05) is 36.6 Å². The Morgan fingerprint density at radius 2 is 1.74 bits per heavy atom. The van der Waals surface area contributed by atoms with E-state index in [1.165, 1.54) is 0 Å². The van der Waals surface area contributed by atoms with Crippen LogP contribution in [0.4, 0.5) is 11.4 Å². The third kappa shape index (κ3) is 5.21. The van der Waals surface area contributed by atoms with Gasteiger partial charge in [-0.05, 0) is 72.5 Å². The summed E-state index contributed by atoms with van der Waals surface area (Å²) in [6.45, 7) is 1.82. The summed E-state index contributed by atoms with van der Waals surface area (Å²) in [4.78, 5) is 2.48. The van der Waals surface area contributed by atoms with Gasteiger partial charge in [0.05, 0.1) is 11.0 Å². The molecule has 1 N–H and O–H groups in total. The molecule has 1 saturated heterocycles. The molecule has 1 atom stereocenters. The van der Waals surface area contributed by atoms with E-state index in [2.05, 4.69) is 9.62 Å². The number of halogens is 1. The van der Waals surface area contributed by atoms with Crippen LogP contribution in [0.1, 0.15) is 12.8 Å². The molecule has 7 heteroatoms. The van der Waals surface area contributed by atoms with Crippen molar-refractivity contribution in [2.75, 3.05) is 29.8 Å². The van der Waals surface area contributed by atoms with Crippen molar-refractivity contribution < 1.29 is 13.2 Å². The van der Waals surface area contributed by atoms with Crippen LogP contribution in [-0.2, 0) is 14.8 Å². The van der Waals surface area contributed by atoms with Gasteiger partial charge in [-0.15, -0.1) is 0 Å². The molecule has 0 spiro atoms. The van der Waals surface area contributed by atoms with Gasteiger partial charge in [-0.25, -0.2) is 8.42 Å². The van der Waals surface area contributed by atoms with Gasteiger partial charge in [0.1, 0.15) is 0 Å². The molecule has 3 aromatic carbocycles. The maximum Gasteiger partial charge on any atom is 0.261 e. The molecule has 0 saturated carbocycles. The quantitative estimate of drug-likeness (QED) is 0.537. The number of anilines is 2. The highest BCUT2D eigenvalue weighted by atomic mass is 35.5. The average Bonchev–Trinajstić information content (AvgIpc) is 2.80. The fraction of sp³-hybridized carbons (Fsp3) is 0.250. The molecule has 4 rings (SSSR count). The molecule has 1 aliphatic rings. The highest BCUT2D eigenvalue weighted by Gasteiger charge is 2.20. The second-order valence-corrected chi connectivity index (χ2v) is 9.75. The van der Waals surface area contributed by atoms with Crippen LogP contribution in [-0.4, -0.2) is 34.7 Å². The predicted octanol–water partition coefficient (Wildman–Crippen LogP) is 5.42. The van der Waals surface area contributed by atoms with Crippen molar-refractivity contribution in [2.45, 2.75) is 23.8 Å². The first-order valence-corrected chi connectivity index (χ1v) is 12.1. The summed E-state index contributed by atoms with van der Waals surface area (Å²) in [6.07, 6.45) is 2.39. The van der Waals surface area contributed by atoms with E-state index in [-0.39, 0.29) is 11.0 Å². The summed E-state index contributed by atoms with van der Waals surface area (Å²) in [6, 6.07) is 21.7. The van der Waals surface area contributed by atoms with Crippen molar-refractivity contribution in [1.29, 1.82) is 0 Å². The third-order valence-corrected chi connectivity index (χ3v) is 7.15. The molecule has 31 heavy (non-hydrogen) atoms. The lowest BCUT2D eigenvalue weighted by atomic mass is 10.1. The number of methoxy groups -OCH3 is 1. The summed E-state index contributed by atoms with van der Waals surface area (Å²) in [5.74, 6) is 0. The Balaban J connectivity index is 1.50. The number of piperidine rings is 1. The third-order valence-electron chi connectivity index (χ3n) is 5.52. The highest BCUT2D eigenvalue weighted by molar-refractivity contribution is 7.92. The van der Waals surface area contributed by atoms with E-state index in [1.54, 1.807) is 49.6 Å². The molecule has 1 unspecified atom stereocenters. The lowest BCUT2D eigenvalue weighted by molar-refractivity contribution is 0.0893. The van der Waals surface area contributed by atoms with Crippen molar-refractivity contribution in [3.05, 3.63) is 77.8 Å². The molecule has 5 nitrogen and oxygen atoms in total. The number of nitrogens with zero attached hydrogens (tertiary/aromatic N) is 1. The number of benzene rings is 3. The van der Waals surface area contributed by atoms with Crippen molar-refractivity contribution in [1.82, 2.24) is 0 Å². The summed E-state index contributed by atoms with van der Waals surface area (Å²) >= 11 is 5.95. The first-order chi connectivity index (χ1) is 14.9. The van der Waals surface area contributed by atoms with E-state index in [0.29, 0.717) is 10.7 Å². The summed E-state index contributed by atoms with van der Waals surface area (Å²) in [5, 5.41) is 0.639. The van der Waals surface area contributed by atoms with Gasteiger partial charge in [0.2, 0.25) is 0 Å². The number of rotatable bonds is 6. The number of hydrogen-bond donors (Lipinski definition) is 1. The van der Waals surface area contributed by atoms with E-state index < -0.39 is 10.0 Å². The summed E-state index contributed by atoms with van der Waals surface area (Å²) < 4.78 is 34.1. The van der Waals surface area contributed by atoms with Gasteiger partial charge in [0.15, 0.2) is 0 Å². The normalized spacial score (nSPS) is 16.8. The average molecular weight is 457 g/mol. The lowest BCUT2D eigenvalue weighted by Crippen LogP contribution is -2.39. The van der Waals surface area contributed by atoms with Crippen LogP contribution >= 0.6 is 11.6 Å². The molecular formula is C24H25ClN2O3S. The SMILES string of the molecule is COC1CCCN(c2ccc(NS(=O)(=O)c3cccc(-c4ccc(Cl)cc4)c3)cc2)C1. The van der Waals surface area contributed by atoms with Crippen LogP contribution in [0.25, 0.3) is 11.1 Å². The molecule has 0 bridgehead atoms. The molecule has 162 valence electrons. The Bertz CT molecular complexity index is 1130. The molecule has 0 amide bonds. The number of ether oxygens (including phenoxy) is 1. The molecule has 0 aliphatic carbocycles. The highest BCUT2D eigenvalue weighted by Crippen LogP contribution is 2.27. The Morgan fingerprint density at radius 1 is 1.00 bits per heavy atom. The van der Waals surface area contributed by atoms with Crippen LogP contribution in [0, 0.1) is 0 Å². The van der Waals surface area contributed by atoms with Gasteiger partial charge in [-0.3, -0.25) is 4.72 Å². The van der Waals surface area contributed by atoms with Crippen LogP contribution < -0.4 is 9.62 Å². The number of sulfonamides is 1. The van der Waals surface area contributed by atoms with E-state index in [1.807, 2.05) is 30.3 Å². The lowest BCUT2D eigenvalue weighted by Gasteiger charge is -2.33. The van der Waals surface area contributed by atoms with Crippen LogP contribution in [0.15, 0.2) is 77.7 Å². The smallest absolute Gasteiger partial charge is 0.261 e. The standard InChI is InChI=1S/C24H25ClN2O3S/c1-30-23-5-3-15-27(17-23)22-13-11-21(12-14-22)26-31(28,29)24-6-2-4-19(16-24)18-7-9-20(25)10-8-18/h2,4,6-14,16,23,26H,3,5,15,17H2,1H3. The number of nitrogens with one attached hydrogen (secondary N) is 1. The van der Waals surface area contributed by atoms with Gasteiger partial charge in [-0.1, -0.05) is 35.9 Å². The summed E-state index contributed by atoms with van der Waals surface area (Å²) in [5.41, 5.74) is 3.31. The van der Waals surface area contributed by atoms with Crippen molar-refractivity contribution in [3.8, 4) is 11.1 Å². The molecular weight excluding hydrogens is 432 g/mol. The minimum absolute atomic E-state index is 0.211. The van der Waals surface area contributed by atoms with Crippen molar-refractivity contribution >= 4 is 33.0 Å². The van der Waals surface area contributed by atoms with E-state index in [0.717, 1.165) is 42.7 Å². The maximum atomic E-state index is 12.9. The van der Waals surface area contributed by atoms with Gasteiger partial charge < -0.3 is 9.64 Å². The van der Waals surface area contributed by atoms with Crippen molar-refractivity contribution in [2.24, 2.45) is 0 Å². The fourth-order valence-electron chi connectivity index (χ4n) is 3.80. The first-order valence-electron chi connectivity index (χ1n) is 10.2. The zero-order valence-corrected chi connectivity index (χ0v) is 18.9. The van der Waals surface area contributed by atoms with Gasteiger partial charge in [0.25, 0.3) is 10.0 Å². The Kier molecular flexibility index (Phi) is 6.51. The number of hydrogen-bond acceptors (Lipinski definition) is 4. The maximum absolute atomic E-state index is 12.9. The first kappa shape index (κ1) is 21.7. The molecule has 1 heterocycles. The van der Waals surface area contributed by atoms with E-state index in [4.69, 9.17) is 16.3 Å². The molecule has 1 fully saturated rings. The predicted molar refractivity (Wildman–Crippen MR) is 126 cm³/mol. The minimum Gasteiger partial charge on any atom is -0.380 e. The molecule has 0 radical (unpaired) electrons. The molecule has 3 aromatic rings. The van der Waals surface area contributed by atoms with Gasteiger partial charge in [-0.2, -0.15) is 0 Å². The second-order valence-electron chi connectivity index (χ2n) is 7.63. The molecule has 0 aromatic heterocycles. The largest absolute Gasteiger partial charge is 0.380 e. The van der Waals surface area contributed by atoms with Crippen LogP contribution in [0.5, 0.6) is 0 Å². The Labute approximate surface area is 188 Å². The Hall–Kier alpha value is -2.54. The monoisotopic (exact) mass is 456 g/mol. The Morgan fingerprint density at radius 3 is 2.45 bits per heavy atom. The fourth-order valence-corrected chi connectivity index (χ4v) is 5.03. The topological polar surface area (TPSA) is 58.6 Å². The minimum atomic E-state index is -3.71. The zero-order chi connectivity index (χ0) is 21.8. The van der Waals surface area contributed by atoms with Gasteiger partial charge >= 0.3 is 0 Å². The van der Waals surface area contributed by atoms with Crippen LogP contribution in [0.3, 0.4) is 0 Å². The van der Waals surface area contributed by atoms with Crippen molar-refractivity contribution in [3.63, 3.8) is 0 Å². The second kappa shape index (κ2) is 9.30. The van der Waals surface area contributed by atoms with E-state index >= 15 is 0 Å². The summed E-state index contributed by atoms with van der Waals surface area (Å²) in [7, 11) is -1.97. The van der Waals surface area contributed by atoms with Crippen LogP contribution in [0.2, 0.25) is 5.02 Å².